The van der Waals surface area contributed by atoms with E-state index in [1.54, 1.807) is 31.3 Å². The van der Waals surface area contributed by atoms with Crippen LogP contribution in [-0.4, -0.2) is 61.4 Å². The second-order valence-corrected chi connectivity index (χ2v) is 10.2. The maximum atomic E-state index is 15.7. The van der Waals surface area contributed by atoms with E-state index in [0.717, 1.165) is 24.7 Å². The zero-order chi connectivity index (χ0) is 28.2. The molecule has 11 heteroatoms. The molecule has 0 radical (unpaired) electrons. The second-order valence-electron chi connectivity index (χ2n) is 10.2. The first-order valence-electron chi connectivity index (χ1n) is 13.0. The summed E-state index contributed by atoms with van der Waals surface area (Å²) in [5.74, 6) is -1.40. The molecule has 3 N–H and O–H groups in total. The Kier molecular flexibility index (Phi) is 8.58. The van der Waals surface area contributed by atoms with Crippen LogP contribution in [0.15, 0.2) is 48.5 Å². The molecule has 7 nitrogen and oxygen atoms in total. The molecule has 1 aliphatic heterocycles. The fourth-order valence-electron chi connectivity index (χ4n) is 5.39. The van der Waals surface area contributed by atoms with Crippen molar-refractivity contribution in [2.45, 2.75) is 56.0 Å². The molecule has 1 aliphatic carbocycles. The number of carbonyl (C=O) groups is 3. The van der Waals surface area contributed by atoms with Crippen molar-refractivity contribution in [3.63, 3.8) is 0 Å². The van der Waals surface area contributed by atoms with Gasteiger partial charge >= 0.3 is 6.18 Å². The lowest BCUT2D eigenvalue weighted by molar-refractivity contribution is -0.137. The Morgan fingerprint density at radius 2 is 1.67 bits per heavy atom. The highest BCUT2D eigenvalue weighted by molar-refractivity contribution is 5.96. The number of likely N-dealkylation sites (tertiary alicyclic amines) is 1. The van der Waals surface area contributed by atoms with Crippen molar-refractivity contribution in [3.05, 3.63) is 70.8 Å². The molecule has 1 atom stereocenters. The summed E-state index contributed by atoms with van der Waals surface area (Å²) in [5, 5.41) is 7.79. The SMILES string of the molecule is CNC(=O)c1ccc(C2(F)CCC(N3CC[C@@H](NC(=O)CNC(=O)c4cccc(C(F)(F)F)c4)C3)CC2)cc1. The van der Waals surface area contributed by atoms with Crippen molar-refractivity contribution in [3.8, 4) is 0 Å². The van der Waals surface area contributed by atoms with Gasteiger partial charge in [0, 0.05) is 43.3 Å². The van der Waals surface area contributed by atoms with E-state index < -0.39 is 29.2 Å². The number of nitrogens with zero attached hydrogens (tertiary/aromatic N) is 1. The number of hydrogen-bond donors (Lipinski definition) is 3. The average molecular weight is 549 g/mol. The molecular formula is C28H32F4N4O3. The van der Waals surface area contributed by atoms with Gasteiger partial charge in [-0.3, -0.25) is 19.3 Å². The maximum absolute atomic E-state index is 15.7. The molecule has 1 saturated carbocycles. The number of carbonyl (C=O) groups excluding carboxylic acids is 3. The Balaban J connectivity index is 1.22. The molecule has 0 unspecified atom stereocenters. The van der Waals surface area contributed by atoms with E-state index in [4.69, 9.17) is 0 Å². The minimum Gasteiger partial charge on any atom is -0.355 e. The molecule has 1 saturated heterocycles. The molecule has 0 aromatic heterocycles. The van der Waals surface area contributed by atoms with Crippen molar-refractivity contribution in [1.29, 1.82) is 0 Å². The highest BCUT2D eigenvalue weighted by Gasteiger charge is 2.40. The van der Waals surface area contributed by atoms with E-state index in [1.165, 1.54) is 6.07 Å². The lowest BCUT2D eigenvalue weighted by Gasteiger charge is -2.38. The van der Waals surface area contributed by atoms with E-state index in [2.05, 4.69) is 20.9 Å². The Morgan fingerprint density at radius 1 is 0.974 bits per heavy atom. The first kappa shape index (κ1) is 28.5. The molecule has 2 fully saturated rings. The van der Waals surface area contributed by atoms with Gasteiger partial charge in [0.2, 0.25) is 5.91 Å². The first-order valence-corrected chi connectivity index (χ1v) is 13.0. The van der Waals surface area contributed by atoms with E-state index in [1.807, 2.05) is 0 Å². The molecule has 3 amide bonds. The summed E-state index contributed by atoms with van der Waals surface area (Å²) in [6.07, 6.45) is -1.78. The summed E-state index contributed by atoms with van der Waals surface area (Å²) in [6.45, 7) is 1.02. The van der Waals surface area contributed by atoms with Gasteiger partial charge in [-0.15, -0.1) is 0 Å². The molecule has 0 spiro atoms. The third-order valence-corrected chi connectivity index (χ3v) is 7.60. The fourth-order valence-corrected chi connectivity index (χ4v) is 5.39. The summed E-state index contributed by atoms with van der Waals surface area (Å²) in [6, 6.07) is 10.7. The van der Waals surface area contributed by atoms with Crippen LogP contribution in [0, 0.1) is 0 Å². The number of alkyl halides is 4. The number of nitrogens with one attached hydrogen (secondary N) is 3. The minimum atomic E-state index is -4.56. The van der Waals surface area contributed by atoms with Gasteiger partial charge in [-0.25, -0.2) is 4.39 Å². The summed E-state index contributed by atoms with van der Waals surface area (Å²) < 4.78 is 54.3. The fraction of sp³-hybridized carbons (Fsp3) is 0.464. The van der Waals surface area contributed by atoms with Crippen LogP contribution in [0.25, 0.3) is 0 Å². The number of rotatable bonds is 7. The van der Waals surface area contributed by atoms with Crippen LogP contribution >= 0.6 is 0 Å². The molecule has 2 aromatic rings. The number of hydrogen-bond acceptors (Lipinski definition) is 4. The van der Waals surface area contributed by atoms with Crippen LogP contribution < -0.4 is 16.0 Å². The lowest BCUT2D eigenvalue weighted by Crippen LogP contribution is -2.45. The Morgan fingerprint density at radius 3 is 2.31 bits per heavy atom. The van der Waals surface area contributed by atoms with Gasteiger partial charge in [-0.05, 0) is 68.0 Å². The predicted molar refractivity (Wildman–Crippen MR) is 137 cm³/mol. The smallest absolute Gasteiger partial charge is 0.355 e. The molecule has 2 aliphatic rings. The van der Waals surface area contributed by atoms with Gasteiger partial charge in [0.05, 0.1) is 12.1 Å². The van der Waals surface area contributed by atoms with Crippen molar-refractivity contribution in [1.82, 2.24) is 20.9 Å². The van der Waals surface area contributed by atoms with Gasteiger partial charge in [0.15, 0.2) is 0 Å². The van der Waals surface area contributed by atoms with E-state index in [0.29, 0.717) is 49.8 Å². The third-order valence-electron chi connectivity index (χ3n) is 7.60. The summed E-state index contributed by atoms with van der Waals surface area (Å²) in [4.78, 5) is 38.6. The molecule has 1 heterocycles. The van der Waals surface area contributed by atoms with Gasteiger partial charge in [-0.1, -0.05) is 18.2 Å². The Bertz CT molecular complexity index is 1190. The van der Waals surface area contributed by atoms with Crippen molar-refractivity contribution < 1.29 is 31.9 Å². The summed E-state index contributed by atoms with van der Waals surface area (Å²) >= 11 is 0. The molecule has 210 valence electrons. The minimum absolute atomic E-state index is 0.128. The molecule has 0 bridgehead atoms. The van der Waals surface area contributed by atoms with Crippen LogP contribution in [0.3, 0.4) is 0 Å². The van der Waals surface area contributed by atoms with Crippen LogP contribution in [0.4, 0.5) is 17.6 Å². The molecule has 2 aromatic carbocycles. The number of amides is 3. The van der Waals surface area contributed by atoms with Gasteiger partial charge in [0.1, 0.15) is 5.67 Å². The van der Waals surface area contributed by atoms with Crippen LogP contribution in [0.2, 0.25) is 0 Å². The van der Waals surface area contributed by atoms with Gasteiger partial charge in [-0.2, -0.15) is 13.2 Å². The predicted octanol–water partition coefficient (Wildman–Crippen LogP) is 3.79. The van der Waals surface area contributed by atoms with Crippen molar-refractivity contribution in [2.75, 3.05) is 26.7 Å². The van der Waals surface area contributed by atoms with Crippen LogP contribution in [-0.2, 0) is 16.6 Å². The topological polar surface area (TPSA) is 90.5 Å². The van der Waals surface area contributed by atoms with Gasteiger partial charge < -0.3 is 16.0 Å². The van der Waals surface area contributed by atoms with Crippen LogP contribution in [0.1, 0.15) is 63.9 Å². The van der Waals surface area contributed by atoms with Crippen molar-refractivity contribution in [2.24, 2.45) is 0 Å². The standard InChI is InChI=1S/C28H32F4N4O3/c1-33-25(38)18-5-7-20(8-6-18)27(29)12-9-23(10-13-27)36-14-11-22(17-36)35-24(37)16-34-26(39)19-3-2-4-21(15-19)28(30,31)32/h2-8,15,22-23H,9-14,16-17H2,1H3,(H,33,38)(H,34,39)(H,35,37)/t22-,23?,27?/m1/s1. The highest BCUT2D eigenvalue weighted by atomic mass is 19.4. The van der Waals surface area contributed by atoms with E-state index in [9.17, 15) is 27.6 Å². The Hall–Kier alpha value is -3.47. The van der Waals surface area contributed by atoms with Crippen molar-refractivity contribution >= 4 is 17.7 Å². The maximum Gasteiger partial charge on any atom is 0.416 e. The molecule has 4 rings (SSSR count). The zero-order valence-electron chi connectivity index (χ0n) is 21.6. The second kappa shape index (κ2) is 11.7. The lowest BCUT2D eigenvalue weighted by atomic mass is 9.78. The number of benzene rings is 2. The summed E-state index contributed by atoms with van der Waals surface area (Å²) in [7, 11) is 1.55. The van der Waals surface area contributed by atoms with Gasteiger partial charge in [0.25, 0.3) is 11.8 Å². The molecular weight excluding hydrogens is 516 g/mol. The van der Waals surface area contributed by atoms with Crippen LogP contribution in [0.5, 0.6) is 0 Å². The third kappa shape index (κ3) is 6.95. The largest absolute Gasteiger partial charge is 0.416 e. The Labute approximate surface area is 224 Å². The van der Waals surface area contributed by atoms with E-state index in [-0.39, 0.29) is 30.1 Å². The quantitative estimate of drug-likeness (QED) is 0.460. The monoisotopic (exact) mass is 548 g/mol. The molecule has 39 heavy (non-hydrogen) atoms. The normalized spacial score (nSPS) is 23.7. The average Bonchev–Trinajstić information content (AvgIpc) is 3.39. The van der Waals surface area contributed by atoms with E-state index >= 15 is 4.39 Å². The first-order chi connectivity index (χ1) is 18.5. The zero-order valence-corrected chi connectivity index (χ0v) is 21.6. The highest BCUT2D eigenvalue weighted by Crippen LogP contribution is 2.42. The number of halogens is 4. The summed E-state index contributed by atoms with van der Waals surface area (Å²) in [5.41, 5.74) is -1.49.